The van der Waals surface area contributed by atoms with Crippen molar-refractivity contribution in [3.8, 4) is 10.6 Å². The number of hydrogen-bond acceptors (Lipinski definition) is 5. The summed E-state index contributed by atoms with van der Waals surface area (Å²) in [5.41, 5.74) is 3.41. The molecule has 0 aliphatic heterocycles. The largest absolute Gasteiger partial charge is 0.478 e. The van der Waals surface area contributed by atoms with Crippen molar-refractivity contribution in [3.63, 3.8) is 0 Å². The highest BCUT2D eigenvalue weighted by Gasteiger charge is 2.31. The number of carbonyl (C=O) groups excluding carboxylic acids is 1. The number of ketones is 1. The third-order valence-corrected chi connectivity index (χ3v) is 6.94. The standard InChI is InChI=1S/C28H33NO4S/c1-17(2)25-24(34-26(29-25)20-12-10-18(3)11-13-20)15-14-22(30)21-8-7-9-23(19(4)16-21)33-28(5,6)27(31)32/h8-13,16-17H,7,14-15H2,1-6H3,(H,31,32). The van der Waals surface area contributed by atoms with E-state index in [4.69, 9.17) is 9.72 Å². The zero-order valence-corrected chi connectivity index (χ0v) is 21.6. The smallest absolute Gasteiger partial charge is 0.347 e. The molecule has 0 unspecified atom stereocenters. The molecule has 0 amide bonds. The molecule has 34 heavy (non-hydrogen) atoms. The average molecular weight is 480 g/mol. The van der Waals surface area contributed by atoms with Crippen LogP contribution >= 0.6 is 11.3 Å². The van der Waals surface area contributed by atoms with Crippen molar-refractivity contribution in [2.75, 3.05) is 0 Å². The van der Waals surface area contributed by atoms with E-state index >= 15 is 0 Å². The van der Waals surface area contributed by atoms with Gasteiger partial charge in [-0.3, -0.25) is 4.79 Å². The van der Waals surface area contributed by atoms with Gasteiger partial charge in [-0.25, -0.2) is 9.78 Å². The number of Topliss-reactive ketones (excluding diaryl/α,β-unsaturated/α-hetero) is 1. The lowest BCUT2D eigenvalue weighted by molar-refractivity contribution is -0.156. The van der Waals surface area contributed by atoms with Gasteiger partial charge in [-0.05, 0) is 64.2 Å². The Labute approximate surface area is 205 Å². The van der Waals surface area contributed by atoms with Crippen LogP contribution in [0.5, 0.6) is 0 Å². The Morgan fingerprint density at radius 2 is 1.82 bits per heavy atom. The molecule has 1 aromatic heterocycles. The molecular formula is C28H33NO4S. The molecule has 6 heteroatoms. The zero-order valence-electron chi connectivity index (χ0n) is 20.8. The Morgan fingerprint density at radius 3 is 2.44 bits per heavy atom. The summed E-state index contributed by atoms with van der Waals surface area (Å²) in [6, 6.07) is 8.36. The van der Waals surface area contributed by atoms with Crippen molar-refractivity contribution in [1.82, 2.24) is 4.98 Å². The first-order chi connectivity index (χ1) is 16.0. The Bertz CT molecular complexity index is 1160. The number of aliphatic carboxylic acids is 1. The van der Waals surface area contributed by atoms with E-state index in [0.29, 0.717) is 30.6 Å². The quantitative estimate of drug-likeness (QED) is 0.429. The van der Waals surface area contributed by atoms with Crippen LogP contribution in [0.15, 0.2) is 59.4 Å². The number of aryl methyl sites for hydroxylation is 2. The number of nitrogens with zero attached hydrogens (tertiary/aromatic N) is 1. The highest BCUT2D eigenvalue weighted by Crippen LogP contribution is 2.33. The third kappa shape index (κ3) is 6.11. The molecule has 2 aromatic rings. The van der Waals surface area contributed by atoms with E-state index < -0.39 is 11.6 Å². The molecule has 5 nitrogen and oxygen atoms in total. The number of ether oxygens (including phenoxy) is 1. The number of benzene rings is 1. The predicted octanol–water partition coefficient (Wildman–Crippen LogP) is 6.78. The van der Waals surface area contributed by atoms with Gasteiger partial charge in [0, 0.05) is 22.4 Å². The van der Waals surface area contributed by atoms with Gasteiger partial charge in [0.15, 0.2) is 11.4 Å². The number of thiazole rings is 1. The molecule has 1 aliphatic rings. The maximum atomic E-state index is 13.1. The number of hydrogen-bond donors (Lipinski definition) is 1. The molecule has 1 aliphatic carbocycles. The lowest BCUT2D eigenvalue weighted by atomic mass is 10.0. The normalized spacial score (nSPS) is 14.3. The fourth-order valence-electron chi connectivity index (χ4n) is 3.64. The van der Waals surface area contributed by atoms with Crippen LogP contribution in [0.2, 0.25) is 0 Å². The molecule has 0 fully saturated rings. The molecule has 3 rings (SSSR count). The van der Waals surface area contributed by atoms with E-state index in [2.05, 4.69) is 45.0 Å². The minimum Gasteiger partial charge on any atom is -0.478 e. The minimum atomic E-state index is -1.34. The van der Waals surface area contributed by atoms with E-state index in [1.54, 1.807) is 17.4 Å². The molecule has 0 radical (unpaired) electrons. The fraction of sp³-hybridized carbons (Fsp3) is 0.393. The van der Waals surface area contributed by atoms with Crippen molar-refractivity contribution in [1.29, 1.82) is 0 Å². The van der Waals surface area contributed by atoms with Gasteiger partial charge >= 0.3 is 5.97 Å². The van der Waals surface area contributed by atoms with Crippen molar-refractivity contribution in [2.45, 2.75) is 72.3 Å². The third-order valence-electron chi connectivity index (χ3n) is 5.76. The van der Waals surface area contributed by atoms with Gasteiger partial charge in [0.2, 0.25) is 0 Å². The zero-order chi connectivity index (χ0) is 25.0. The van der Waals surface area contributed by atoms with Gasteiger partial charge in [0.1, 0.15) is 10.8 Å². The van der Waals surface area contributed by atoms with Crippen LogP contribution in [0.4, 0.5) is 0 Å². The molecule has 0 bridgehead atoms. The van der Waals surface area contributed by atoms with Crippen molar-refractivity contribution in [3.05, 3.63) is 75.5 Å². The number of allylic oxidation sites excluding steroid dienone is 5. The second-order valence-electron chi connectivity index (χ2n) is 9.48. The van der Waals surface area contributed by atoms with Crippen LogP contribution in [0.25, 0.3) is 10.6 Å². The summed E-state index contributed by atoms with van der Waals surface area (Å²) in [7, 11) is 0. The first-order valence-electron chi connectivity index (χ1n) is 11.6. The summed E-state index contributed by atoms with van der Waals surface area (Å²) in [6.45, 7) is 11.2. The van der Waals surface area contributed by atoms with Crippen LogP contribution in [0, 0.1) is 6.92 Å². The summed E-state index contributed by atoms with van der Waals surface area (Å²) in [6.07, 6.45) is 7.04. The molecule has 1 heterocycles. The van der Waals surface area contributed by atoms with Crippen molar-refractivity contribution >= 4 is 23.1 Å². The summed E-state index contributed by atoms with van der Waals surface area (Å²) >= 11 is 1.67. The average Bonchev–Trinajstić information content (AvgIpc) is 3.12. The minimum absolute atomic E-state index is 0.0616. The van der Waals surface area contributed by atoms with E-state index in [1.807, 2.05) is 19.1 Å². The van der Waals surface area contributed by atoms with Gasteiger partial charge < -0.3 is 9.84 Å². The van der Waals surface area contributed by atoms with E-state index in [1.165, 1.54) is 19.4 Å². The number of rotatable bonds is 9. The first-order valence-corrected chi connectivity index (χ1v) is 12.4. The van der Waals surface area contributed by atoms with Crippen LogP contribution in [0.3, 0.4) is 0 Å². The second-order valence-corrected chi connectivity index (χ2v) is 10.6. The van der Waals surface area contributed by atoms with Crippen molar-refractivity contribution in [2.24, 2.45) is 0 Å². The lowest BCUT2D eigenvalue weighted by Gasteiger charge is -2.23. The molecule has 0 saturated carbocycles. The lowest BCUT2D eigenvalue weighted by Crippen LogP contribution is -2.34. The van der Waals surface area contributed by atoms with Crippen LogP contribution in [-0.2, 0) is 20.7 Å². The molecule has 0 spiro atoms. The summed E-state index contributed by atoms with van der Waals surface area (Å²) < 4.78 is 5.73. The SMILES string of the molecule is CC1=CC(C(=O)CCc2sc(-c3ccc(C)cc3)nc2C(C)C)=CCC=C1OC(C)(C)C(=O)O. The van der Waals surface area contributed by atoms with Gasteiger partial charge in [0.05, 0.1) is 5.69 Å². The molecule has 1 aromatic carbocycles. The predicted molar refractivity (Wildman–Crippen MR) is 137 cm³/mol. The Hall–Kier alpha value is -2.99. The van der Waals surface area contributed by atoms with Gasteiger partial charge in [-0.15, -0.1) is 11.3 Å². The summed E-state index contributed by atoms with van der Waals surface area (Å²) in [4.78, 5) is 30.5. The number of aromatic nitrogens is 1. The monoisotopic (exact) mass is 479 g/mol. The van der Waals surface area contributed by atoms with Gasteiger partial charge in [-0.2, -0.15) is 0 Å². The molecule has 0 saturated heterocycles. The molecular weight excluding hydrogens is 446 g/mol. The first kappa shape index (κ1) is 25.6. The summed E-state index contributed by atoms with van der Waals surface area (Å²) in [5, 5.41) is 10.3. The van der Waals surface area contributed by atoms with E-state index in [9.17, 15) is 14.7 Å². The Kier molecular flexibility index (Phi) is 7.93. The summed E-state index contributed by atoms with van der Waals surface area (Å²) in [5.74, 6) is -0.197. The van der Waals surface area contributed by atoms with Gasteiger partial charge in [-0.1, -0.05) is 49.8 Å². The highest BCUT2D eigenvalue weighted by molar-refractivity contribution is 7.15. The highest BCUT2D eigenvalue weighted by atomic mass is 32.1. The fourth-order valence-corrected chi connectivity index (χ4v) is 4.86. The van der Waals surface area contributed by atoms with Crippen molar-refractivity contribution < 1.29 is 19.4 Å². The topological polar surface area (TPSA) is 76.5 Å². The van der Waals surface area contributed by atoms with E-state index in [0.717, 1.165) is 26.7 Å². The number of carboxylic acids is 1. The number of carbonyl (C=O) groups is 2. The maximum Gasteiger partial charge on any atom is 0.347 e. The van der Waals surface area contributed by atoms with Crippen LogP contribution in [-0.4, -0.2) is 27.4 Å². The van der Waals surface area contributed by atoms with Gasteiger partial charge in [0.25, 0.3) is 0 Å². The maximum absolute atomic E-state index is 13.1. The molecule has 1 N–H and O–H groups in total. The van der Waals surface area contributed by atoms with Crippen LogP contribution < -0.4 is 0 Å². The molecule has 0 atom stereocenters. The Morgan fingerprint density at radius 1 is 1.15 bits per heavy atom. The van der Waals surface area contributed by atoms with E-state index in [-0.39, 0.29) is 11.7 Å². The second kappa shape index (κ2) is 10.5. The number of carboxylic acid groups (broad SMARTS) is 1. The van der Waals surface area contributed by atoms with Crippen LogP contribution in [0.1, 0.15) is 69.5 Å². The molecule has 180 valence electrons. The Balaban J connectivity index is 1.73.